The number of nitrogens with two attached hydrogens (primary N) is 1. The summed E-state index contributed by atoms with van der Waals surface area (Å²) in [5.74, 6) is 0.891. The molecule has 1 fully saturated rings. The van der Waals surface area contributed by atoms with Crippen LogP contribution < -0.4 is 5.73 Å². The zero-order valence-electron chi connectivity index (χ0n) is 8.37. The van der Waals surface area contributed by atoms with Crippen molar-refractivity contribution in [1.82, 2.24) is 0 Å². The molecule has 2 atom stereocenters. The van der Waals surface area contributed by atoms with Crippen LogP contribution in [0.4, 0.5) is 0 Å². The first kappa shape index (κ1) is 9.71. The quantitative estimate of drug-likeness (QED) is 0.724. The number of rotatable bonds is 2. The van der Waals surface area contributed by atoms with E-state index in [0.29, 0.717) is 12.4 Å². The molecule has 0 spiro atoms. The van der Waals surface area contributed by atoms with Gasteiger partial charge in [0.15, 0.2) is 11.5 Å². The average Bonchev–Trinajstić information content (AvgIpc) is 2.65. The molecular formula is C11H17NO2. The van der Waals surface area contributed by atoms with Gasteiger partial charge in [-0.25, -0.2) is 0 Å². The van der Waals surface area contributed by atoms with E-state index in [2.05, 4.69) is 0 Å². The Balaban J connectivity index is 1.97. The van der Waals surface area contributed by atoms with E-state index in [-0.39, 0.29) is 17.7 Å². The van der Waals surface area contributed by atoms with Crippen LogP contribution in [-0.4, -0.2) is 18.4 Å². The lowest BCUT2D eigenvalue weighted by Gasteiger charge is -2.16. The van der Waals surface area contributed by atoms with Crippen LogP contribution in [0.1, 0.15) is 32.1 Å². The van der Waals surface area contributed by atoms with Gasteiger partial charge in [0, 0.05) is 12.0 Å². The van der Waals surface area contributed by atoms with Crippen molar-refractivity contribution in [2.75, 3.05) is 6.61 Å². The second-order valence-corrected chi connectivity index (χ2v) is 4.19. The molecule has 0 saturated heterocycles. The number of ketones is 1. The van der Waals surface area contributed by atoms with Crippen LogP contribution in [0.3, 0.4) is 0 Å². The van der Waals surface area contributed by atoms with Gasteiger partial charge in [0.2, 0.25) is 0 Å². The summed E-state index contributed by atoms with van der Waals surface area (Å²) in [5, 5.41) is 0. The molecule has 0 aromatic heterocycles. The van der Waals surface area contributed by atoms with Crippen molar-refractivity contribution in [2.24, 2.45) is 11.7 Å². The number of carbonyl (C=O) groups excluding carboxylic acids is 1. The number of ether oxygens (including phenoxy) is 1. The van der Waals surface area contributed by atoms with Gasteiger partial charge in [0.05, 0.1) is 6.61 Å². The van der Waals surface area contributed by atoms with Crippen molar-refractivity contribution in [3.63, 3.8) is 0 Å². The molecule has 1 saturated carbocycles. The topological polar surface area (TPSA) is 52.3 Å². The van der Waals surface area contributed by atoms with E-state index in [1.54, 1.807) is 0 Å². The van der Waals surface area contributed by atoms with Gasteiger partial charge in [-0.1, -0.05) is 0 Å². The molecule has 78 valence electrons. The first-order valence-corrected chi connectivity index (χ1v) is 5.40. The maximum atomic E-state index is 11.9. The van der Waals surface area contributed by atoms with E-state index < -0.39 is 0 Å². The van der Waals surface area contributed by atoms with E-state index in [9.17, 15) is 4.79 Å². The molecule has 1 aliphatic carbocycles. The van der Waals surface area contributed by atoms with Crippen molar-refractivity contribution in [2.45, 2.75) is 38.1 Å². The summed E-state index contributed by atoms with van der Waals surface area (Å²) in [5.41, 5.74) is 5.78. The second-order valence-electron chi connectivity index (χ2n) is 4.19. The molecule has 0 bridgehead atoms. The third-order valence-electron chi connectivity index (χ3n) is 3.02. The summed E-state index contributed by atoms with van der Waals surface area (Å²) in [6.07, 6.45) is 6.67. The van der Waals surface area contributed by atoms with Crippen molar-refractivity contribution in [3.8, 4) is 0 Å². The minimum atomic E-state index is 0.120. The van der Waals surface area contributed by atoms with E-state index in [4.69, 9.17) is 10.5 Å². The minimum Gasteiger partial charge on any atom is -0.490 e. The zero-order chi connectivity index (χ0) is 9.97. The van der Waals surface area contributed by atoms with Crippen LogP contribution in [0.5, 0.6) is 0 Å². The zero-order valence-corrected chi connectivity index (χ0v) is 8.37. The lowest BCUT2D eigenvalue weighted by Crippen LogP contribution is -2.21. The fraction of sp³-hybridized carbons (Fsp3) is 0.727. The molecule has 0 aromatic rings. The second kappa shape index (κ2) is 4.13. The van der Waals surface area contributed by atoms with Crippen molar-refractivity contribution in [3.05, 3.63) is 11.8 Å². The van der Waals surface area contributed by atoms with Crippen LogP contribution in [0.2, 0.25) is 0 Å². The van der Waals surface area contributed by atoms with Gasteiger partial charge in [0.25, 0.3) is 0 Å². The van der Waals surface area contributed by atoms with Crippen LogP contribution in [0.25, 0.3) is 0 Å². The average molecular weight is 195 g/mol. The molecule has 1 aliphatic heterocycles. The predicted octanol–water partition coefficient (Wildman–Crippen LogP) is 1.38. The molecule has 2 aliphatic rings. The maximum absolute atomic E-state index is 11.9. The highest BCUT2D eigenvalue weighted by atomic mass is 16.5. The molecule has 2 unspecified atom stereocenters. The normalized spacial score (nSPS) is 32.2. The fourth-order valence-corrected chi connectivity index (χ4v) is 2.18. The number of carbonyl (C=O) groups is 1. The van der Waals surface area contributed by atoms with Crippen LogP contribution in [-0.2, 0) is 9.53 Å². The van der Waals surface area contributed by atoms with Gasteiger partial charge in [-0.2, -0.15) is 0 Å². The molecule has 0 radical (unpaired) electrons. The van der Waals surface area contributed by atoms with Crippen molar-refractivity contribution < 1.29 is 9.53 Å². The summed E-state index contributed by atoms with van der Waals surface area (Å²) in [6.45, 7) is 0.691. The Morgan fingerprint density at radius 2 is 2.36 bits per heavy atom. The Labute approximate surface area is 84.3 Å². The number of hydrogen-bond acceptors (Lipinski definition) is 3. The van der Waals surface area contributed by atoms with E-state index in [1.807, 2.05) is 6.08 Å². The Hall–Kier alpha value is -0.830. The monoisotopic (exact) mass is 195 g/mol. The van der Waals surface area contributed by atoms with E-state index >= 15 is 0 Å². The smallest absolute Gasteiger partial charge is 0.200 e. The van der Waals surface area contributed by atoms with Gasteiger partial charge in [-0.15, -0.1) is 0 Å². The highest BCUT2D eigenvalue weighted by molar-refractivity contribution is 5.95. The lowest BCUT2D eigenvalue weighted by molar-refractivity contribution is -0.122. The van der Waals surface area contributed by atoms with Crippen LogP contribution in [0, 0.1) is 5.92 Å². The first-order chi connectivity index (χ1) is 6.77. The largest absolute Gasteiger partial charge is 0.490 e. The predicted molar refractivity (Wildman–Crippen MR) is 53.6 cm³/mol. The Morgan fingerprint density at radius 1 is 1.50 bits per heavy atom. The van der Waals surface area contributed by atoms with Crippen LogP contribution in [0.15, 0.2) is 11.8 Å². The maximum Gasteiger partial charge on any atom is 0.200 e. The standard InChI is InChI=1S/C11H17NO2/c12-9-5-4-8(7-9)11(13)10-3-1-2-6-14-10/h3,8-9H,1-2,4-7,12H2. The molecule has 2 N–H and O–H groups in total. The summed E-state index contributed by atoms with van der Waals surface area (Å²) >= 11 is 0. The molecule has 1 heterocycles. The van der Waals surface area contributed by atoms with Gasteiger partial charge in [0.1, 0.15) is 0 Å². The van der Waals surface area contributed by atoms with E-state index in [1.165, 1.54) is 0 Å². The van der Waals surface area contributed by atoms with Gasteiger partial charge in [-0.05, 0) is 38.2 Å². The molecule has 14 heavy (non-hydrogen) atoms. The third kappa shape index (κ3) is 1.98. The summed E-state index contributed by atoms with van der Waals surface area (Å²) in [6, 6.07) is 0.216. The van der Waals surface area contributed by atoms with Gasteiger partial charge < -0.3 is 10.5 Å². The molecule has 0 amide bonds. The Morgan fingerprint density at radius 3 is 2.93 bits per heavy atom. The first-order valence-electron chi connectivity index (χ1n) is 5.40. The Bertz CT molecular complexity index is 260. The number of allylic oxidation sites excluding steroid dienone is 2. The summed E-state index contributed by atoms with van der Waals surface area (Å²) in [4.78, 5) is 11.9. The highest BCUT2D eigenvalue weighted by Gasteiger charge is 2.30. The number of hydrogen-bond donors (Lipinski definition) is 1. The summed E-state index contributed by atoms with van der Waals surface area (Å²) in [7, 11) is 0. The molecule has 3 nitrogen and oxygen atoms in total. The van der Waals surface area contributed by atoms with Crippen LogP contribution >= 0.6 is 0 Å². The van der Waals surface area contributed by atoms with E-state index in [0.717, 1.165) is 32.1 Å². The van der Waals surface area contributed by atoms with Gasteiger partial charge in [-0.3, -0.25) is 4.79 Å². The molecule has 0 aromatic carbocycles. The Kier molecular flexibility index (Phi) is 2.87. The minimum absolute atomic E-state index is 0.120. The van der Waals surface area contributed by atoms with Crippen molar-refractivity contribution >= 4 is 5.78 Å². The third-order valence-corrected chi connectivity index (χ3v) is 3.02. The molecule has 2 rings (SSSR count). The highest BCUT2D eigenvalue weighted by Crippen LogP contribution is 2.28. The SMILES string of the molecule is NC1CCC(C(=O)C2=CCCCO2)C1. The van der Waals surface area contributed by atoms with Crippen molar-refractivity contribution in [1.29, 1.82) is 0 Å². The number of Topliss-reactive ketones (excluding diaryl/α,β-unsaturated/α-hetero) is 1. The summed E-state index contributed by atoms with van der Waals surface area (Å²) < 4.78 is 5.36. The molecule has 3 heteroatoms. The fourth-order valence-electron chi connectivity index (χ4n) is 2.18. The molecular weight excluding hydrogens is 178 g/mol. The lowest BCUT2D eigenvalue weighted by atomic mass is 9.99. The van der Waals surface area contributed by atoms with Gasteiger partial charge >= 0.3 is 0 Å².